The number of rotatable bonds is 4. The highest BCUT2D eigenvalue weighted by Crippen LogP contribution is 2.45. The number of nitrogen functional groups attached to an aromatic ring is 1. The van der Waals surface area contributed by atoms with Crippen molar-refractivity contribution in [1.82, 2.24) is 39.7 Å². The van der Waals surface area contributed by atoms with Gasteiger partial charge in [0.15, 0.2) is 15.5 Å². The predicted molar refractivity (Wildman–Crippen MR) is 125 cm³/mol. The minimum absolute atomic E-state index is 0.00486. The molecule has 12 nitrogen and oxygen atoms in total. The zero-order valence-corrected chi connectivity index (χ0v) is 19.7. The van der Waals surface area contributed by atoms with Gasteiger partial charge >= 0.3 is 0 Å². The van der Waals surface area contributed by atoms with Crippen LogP contribution in [0.4, 0.5) is 5.82 Å². The minimum atomic E-state index is -3.70. The van der Waals surface area contributed by atoms with Gasteiger partial charge in [-0.05, 0) is 31.7 Å². The highest BCUT2D eigenvalue weighted by atomic mass is 32.2. The van der Waals surface area contributed by atoms with E-state index in [1.807, 2.05) is 17.0 Å². The number of sulfone groups is 1. The Morgan fingerprint density at radius 2 is 1.97 bits per heavy atom. The van der Waals surface area contributed by atoms with Gasteiger partial charge in [-0.25, -0.2) is 13.4 Å². The maximum atomic E-state index is 13.0. The third-order valence-electron chi connectivity index (χ3n) is 6.98. The standard InChI is InChI=1S/C22H23N9O3S/c1-35(33,34)18-17(28-21-16(10-27-31(21)19(18)23)12-3-2-6-24-9-12)13-7-14-4-5-15(8-13)30(14)22(32)20-25-11-26-29-20/h2-3,6,9-11,13-15H,4-5,7-8,23H2,1H3,(H,25,26,29)/t13-,14+,15-. The third-order valence-corrected chi connectivity index (χ3v) is 8.14. The average Bonchev–Trinajstić information content (AvgIpc) is 3.57. The summed E-state index contributed by atoms with van der Waals surface area (Å²) in [5, 5.41) is 11.9. The second-order valence-corrected chi connectivity index (χ2v) is 11.1. The van der Waals surface area contributed by atoms with Crippen molar-refractivity contribution in [3.63, 3.8) is 0 Å². The van der Waals surface area contributed by atoms with Crippen LogP contribution in [0, 0.1) is 0 Å². The highest BCUT2D eigenvalue weighted by molar-refractivity contribution is 7.91. The molecule has 4 aromatic rings. The normalized spacial score (nSPS) is 22.1. The number of carbonyl (C=O) groups is 1. The molecule has 2 saturated heterocycles. The van der Waals surface area contributed by atoms with E-state index in [0.717, 1.165) is 24.7 Å². The third kappa shape index (κ3) is 3.45. The van der Waals surface area contributed by atoms with Crippen molar-refractivity contribution in [2.45, 2.75) is 48.6 Å². The van der Waals surface area contributed by atoms with Crippen molar-refractivity contribution >= 4 is 27.2 Å². The first-order chi connectivity index (χ1) is 16.8. The van der Waals surface area contributed by atoms with Gasteiger partial charge in [0, 0.05) is 47.8 Å². The van der Waals surface area contributed by atoms with Crippen LogP contribution in [0.3, 0.4) is 0 Å². The lowest BCUT2D eigenvalue weighted by Gasteiger charge is -2.38. The number of anilines is 1. The number of aromatic amines is 1. The molecule has 3 atom stereocenters. The molecule has 180 valence electrons. The number of piperidine rings is 1. The van der Waals surface area contributed by atoms with Gasteiger partial charge in [0.25, 0.3) is 5.91 Å². The summed E-state index contributed by atoms with van der Waals surface area (Å²) in [6, 6.07) is 3.60. The first kappa shape index (κ1) is 21.6. The van der Waals surface area contributed by atoms with E-state index < -0.39 is 9.84 Å². The highest BCUT2D eigenvalue weighted by Gasteiger charge is 2.46. The summed E-state index contributed by atoms with van der Waals surface area (Å²) in [7, 11) is -3.70. The molecule has 6 heterocycles. The topological polar surface area (TPSA) is 165 Å². The van der Waals surface area contributed by atoms with Crippen LogP contribution in [0.25, 0.3) is 16.8 Å². The molecule has 6 rings (SSSR count). The van der Waals surface area contributed by atoms with Crippen LogP contribution in [-0.4, -0.2) is 72.3 Å². The molecule has 2 fully saturated rings. The summed E-state index contributed by atoms with van der Waals surface area (Å²) in [5.74, 6) is -0.120. The first-order valence-electron chi connectivity index (χ1n) is 11.3. The summed E-state index contributed by atoms with van der Waals surface area (Å²) in [6.45, 7) is 0. The van der Waals surface area contributed by atoms with Crippen molar-refractivity contribution in [3.8, 4) is 11.1 Å². The van der Waals surface area contributed by atoms with Gasteiger partial charge in [-0.3, -0.25) is 9.78 Å². The average molecular weight is 494 g/mol. The zero-order valence-electron chi connectivity index (χ0n) is 18.9. The molecule has 0 radical (unpaired) electrons. The minimum Gasteiger partial charge on any atom is -0.382 e. The van der Waals surface area contributed by atoms with Crippen molar-refractivity contribution in [3.05, 3.63) is 48.6 Å². The Kier molecular flexibility index (Phi) is 4.85. The van der Waals surface area contributed by atoms with Crippen LogP contribution in [0.5, 0.6) is 0 Å². The summed E-state index contributed by atoms with van der Waals surface area (Å²) in [4.78, 5) is 26.7. The fourth-order valence-corrected chi connectivity index (χ4v) is 6.62. The molecule has 0 saturated carbocycles. The number of pyridine rings is 1. The van der Waals surface area contributed by atoms with E-state index in [1.165, 1.54) is 10.8 Å². The van der Waals surface area contributed by atoms with Gasteiger partial charge in [0.1, 0.15) is 17.0 Å². The second-order valence-electron chi connectivity index (χ2n) is 9.12. The number of aromatic nitrogens is 7. The summed E-state index contributed by atoms with van der Waals surface area (Å²) in [6.07, 6.45) is 10.3. The van der Waals surface area contributed by atoms with E-state index in [1.54, 1.807) is 18.6 Å². The van der Waals surface area contributed by atoms with Gasteiger partial charge in [-0.2, -0.15) is 9.61 Å². The van der Waals surface area contributed by atoms with Gasteiger partial charge in [0.05, 0.1) is 11.9 Å². The van der Waals surface area contributed by atoms with Crippen LogP contribution in [0.2, 0.25) is 0 Å². The van der Waals surface area contributed by atoms with E-state index >= 15 is 0 Å². The number of nitrogens with two attached hydrogens (primary N) is 1. The number of H-pyrrole nitrogens is 1. The molecule has 0 aliphatic carbocycles. The number of carbonyl (C=O) groups excluding carboxylic acids is 1. The van der Waals surface area contributed by atoms with Crippen molar-refractivity contribution in [2.24, 2.45) is 0 Å². The van der Waals surface area contributed by atoms with Gasteiger partial charge in [0.2, 0.25) is 5.82 Å². The Bertz CT molecular complexity index is 1520. The van der Waals surface area contributed by atoms with Crippen LogP contribution in [0.1, 0.15) is 47.9 Å². The summed E-state index contributed by atoms with van der Waals surface area (Å²) >= 11 is 0. The Balaban J connectivity index is 1.45. The Hall–Kier alpha value is -3.87. The number of fused-ring (bicyclic) bond motifs is 3. The van der Waals surface area contributed by atoms with Crippen LogP contribution in [0.15, 0.2) is 41.9 Å². The molecule has 1 amide bonds. The monoisotopic (exact) mass is 493 g/mol. The van der Waals surface area contributed by atoms with Crippen molar-refractivity contribution in [1.29, 1.82) is 0 Å². The van der Waals surface area contributed by atoms with Crippen molar-refractivity contribution in [2.75, 3.05) is 12.0 Å². The van der Waals surface area contributed by atoms with Gasteiger partial charge in [-0.1, -0.05) is 6.07 Å². The lowest BCUT2D eigenvalue weighted by atomic mass is 9.87. The van der Waals surface area contributed by atoms with Crippen molar-refractivity contribution < 1.29 is 13.2 Å². The summed E-state index contributed by atoms with van der Waals surface area (Å²) in [5.41, 5.74) is 8.84. The van der Waals surface area contributed by atoms with Gasteiger partial charge in [-0.15, -0.1) is 10.2 Å². The van der Waals surface area contributed by atoms with E-state index in [-0.39, 0.29) is 40.4 Å². The molecule has 2 aliphatic rings. The van der Waals surface area contributed by atoms with E-state index in [2.05, 4.69) is 25.3 Å². The molecular formula is C22H23N9O3S. The second kappa shape index (κ2) is 7.83. The number of hydrogen-bond donors (Lipinski definition) is 2. The smallest absolute Gasteiger partial charge is 0.292 e. The molecule has 13 heteroatoms. The Morgan fingerprint density at radius 1 is 1.20 bits per heavy atom. The maximum Gasteiger partial charge on any atom is 0.292 e. The Morgan fingerprint density at radius 3 is 2.60 bits per heavy atom. The molecule has 2 aliphatic heterocycles. The van der Waals surface area contributed by atoms with E-state index in [0.29, 0.717) is 29.7 Å². The lowest BCUT2D eigenvalue weighted by Crippen LogP contribution is -2.46. The molecule has 0 unspecified atom stereocenters. The quantitative estimate of drug-likeness (QED) is 0.428. The number of hydrogen-bond acceptors (Lipinski definition) is 9. The molecule has 0 spiro atoms. The number of nitrogens with zero attached hydrogens (tertiary/aromatic N) is 7. The zero-order chi connectivity index (χ0) is 24.3. The van der Waals surface area contributed by atoms with E-state index in [9.17, 15) is 13.2 Å². The molecule has 0 aromatic carbocycles. The first-order valence-corrected chi connectivity index (χ1v) is 13.2. The molecule has 2 bridgehead atoms. The number of nitrogens with one attached hydrogen (secondary N) is 1. The largest absolute Gasteiger partial charge is 0.382 e. The lowest BCUT2D eigenvalue weighted by molar-refractivity contribution is 0.0556. The van der Waals surface area contributed by atoms with Crippen LogP contribution >= 0.6 is 0 Å². The maximum absolute atomic E-state index is 13.0. The fourth-order valence-electron chi connectivity index (χ4n) is 5.56. The predicted octanol–water partition coefficient (Wildman–Crippen LogP) is 1.45. The fraction of sp³-hybridized carbons (Fsp3) is 0.364. The molecule has 3 N–H and O–H groups in total. The van der Waals surface area contributed by atoms with Crippen LogP contribution in [-0.2, 0) is 9.84 Å². The van der Waals surface area contributed by atoms with E-state index in [4.69, 9.17) is 10.7 Å². The molecule has 4 aromatic heterocycles. The SMILES string of the molecule is CS(=O)(=O)c1c([C@H]2C[C@H]3CC[C@@H](C2)N3C(=O)c2nnc[nH]2)nc2c(-c3cccnc3)cnn2c1N. The Labute approximate surface area is 200 Å². The molecular weight excluding hydrogens is 470 g/mol. The molecule has 35 heavy (non-hydrogen) atoms. The summed E-state index contributed by atoms with van der Waals surface area (Å²) < 4.78 is 27.2. The number of amides is 1. The van der Waals surface area contributed by atoms with Crippen LogP contribution < -0.4 is 5.73 Å². The van der Waals surface area contributed by atoms with Gasteiger partial charge < -0.3 is 15.6 Å².